The quantitative estimate of drug-likeness (QED) is 0.439. The van der Waals surface area contributed by atoms with Crippen LogP contribution in [0.25, 0.3) is 10.2 Å². The largest absolute Gasteiger partial charge is 0.468 e. The number of hydrogen-bond donors (Lipinski definition) is 1. The van der Waals surface area contributed by atoms with Crippen molar-refractivity contribution in [1.82, 2.24) is 25.1 Å². The van der Waals surface area contributed by atoms with E-state index in [1.807, 2.05) is 19.1 Å². The predicted molar refractivity (Wildman–Crippen MR) is 138 cm³/mol. The fraction of sp³-hybridized carbons (Fsp3) is 0.560. The monoisotopic (exact) mass is 484 g/mol. The number of piperazine rings is 1. The average molecular weight is 485 g/mol. The van der Waals surface area contributed by atoms with Crippen molar-refractivity contribution in [1.29, 1.82) is 0 Å². The smallest absolute Gasteiger partial charge is 0.261 e. The highest BCUT2D eigenvalue weighted by molar-refractivity contribution is 7.20. The lowest BCUT2D eigenvalue weighted by molar-refractivity contribution is 0.0953. The zero-order valence-electron chi connectivity index (χ0n) is 20.7. The highest BCUT2D eigenvalue weighted by Gasteiger charge is 2.23. The molecule has 0 aliphatic carbocycles. The number of rotatable bonds is 10. The summed E-state index contributed by atoms with van der Waals surface area (Å²) in [6.07, 6.45) is 5.30. The zero-order chi connectivity index (χ0) is 24.1. The Morgan fingerprint density at radius 2 is 2.09 bits per heavy atom. The van der Waals surface area contributed by atoms with Gasteiger partial charge in [0.25, 0.3) is 5.91 Å². The van der Waals surface area contributed by atoms with Crippen LogP contribution in [0.1, 0.15) is 47.7 Å². The normalized spacial score (nSPS) is 15.9. The lowest BCUT2D eigenvalue weighted by Crippen LogP contribution is -2.44. The van der Waals surface area contributed by atoms with Gasteiger partial charge in [-0.1, -0.05) is 6.92 Å². The molecule has 1 amide bonds. The van der Waals surface area contributed by atoms with E-state index in [1.165, 1.54) is 11.3 Å². The van der Waals surface area contributed by atoms with E-state index in [1.54, 1.807) is 12.6 Å². The number of furan rings is 1. The van der Waals surface area contributed by atoms with Gasteiger partial charge in [-0.15, -0.1) is 11.3 Å². The van der Waals surface area contributed by atoms with Crippen LogP contribution in [0.2, 0.25) is 0 Å². The second-order valence-electron chi connectivity index (χ2n) is 9.14. The average Bonchev–Trinajstić information content (AvgIpc) is 3.48. The highest BCUT2D eigenvalue weighted by atomic mass is 32.1. The van der Waals surface area contributed by atoms with Crippen LogP contribution in [0, 0.1) is 6.92 Å². The van der Waals surface area contributed by atoms with Crippen molar-refractivity contribution in [2.45, 2.75) is 46.2 Å². The van der Waals surface area contributed by atoms with Gasteiger partial charge in [-0.3, -0.25) is 9.69 Å². The van der Waals surface area contributed by atoms with Crippen molar-refractivity contribution in [2.75, 3.05) is 51.2 Å². The van der Waals surface area contributed by atoms with Gasteiger partial charge >= 0.3 is 0 Å². The SMILES string of the molecule is CC[C@@H](C)N(CCCNC(=O)c1sc2ncnc(N3CCN(C)CC3)c2c1C)Cc1ccco1. The second kappa shape index (κ2) is 11.3. The van der Waals surface area contributed by atoms with E-state index in [4.69, 9.17) is 4.42 Å². The third-order valence-corrected chi connectivity index (χ3v) is 7.98. The molecule has 0 saturated carbocycles. The first-order chi connectivity index (χ1) is 16.5. The highest BCUT2D eigenvalue weighted by Crippen LogP contribution is 2.35. The summed E-state index contributed by atoms with van der Waals surface area (Å²) in [6.45, 7) is 12.7. The molecule has 0 aromatic carbocycles. The van der Waals surface area contributed by atoms with Crippen molar-refractivity contribution in [3.8, 4) is 0 Å². The molecule has 0 unspecified atom stereocenters. The lowest BCUT2D eigenvalue weighted by Gasteiger charge is -2.33. The first-order valence-electron chi connectivity index (χ1n) is 12.2. The third kappa shape index (κ3) is 5.59. The molecular formula is C25H36N6O2S. The fourth-order valence-electron chi connectivity index (χ4n) is 4.41. The van der Waals surface area contributed by atoms with Crippen molar-refractivity contribution in [2.24, 2.45) is 0 Å². The number of hydrogen-bond acceptors (Lipinski definition) is 8. The van der Waals surface area contributed by atoms with Crippen molar-refractivity contribution in [3.05, 3.63) is 40.9 Å². The van der Waals surface area contributed by atoms with Crippen LogP contribution < -0.4 is 10.2 Å². The van der Waals surface area contributed by atoms with Gasteiger partial charge in [-0.25, -0.2) is 9.97 Å². The van der Waals surface area contributed by atoms with Crippen molar-refractivity contribution >= 4 is 33.3 Å². The number of nitrogens with zero attached hydrogens (tertiary/aromatic N) is 5. The summed E-state index contributed by atoms with van der Waals surface area (Å²) in [7, 11) is 2.14. The number of carbonyl (C=O) groups is 1. The summed E-state index contributed by atoms with van der Waals surface area (Å²) < 4.78 is 5.53. The maximum atomic E-state index is 13.1. The lowest BCUT2D eigenvalue weighted by atomic mass is 10.1. The van der Waals surface area contributed by atoms with Gasteiger partial charge in [0.2, 0.25) is 0 Å². The van der Waals surface area contributed by atoms with Gasteiger partial charge in [-0.05, 0) is 51.4 Å². The van der Waals surface area contributed by atoms with Gasteiger partial charge in [0, 0.05) is 45.3 Å². The standard InChI is InChI=1S/C25H36N6O2S/c1-5-18(2)31(16-20-8-6-15-33-20)10-7-9-26-24(32)22-19(3)21-23(27-17-28-25(21)34-22)30-13-11-29(4)12-14-30/h6,8,15,17-18H,5,7,9-14,16H2,1-4H3,(H,26,32)/t18-/m1/s1. The zero-order valence-corrected chi connectivity index (χ0v) is 21.5. The topological polar surface area (TPSA) is 77.7 Å². The molecule has 4 heterocycles. The van der Waals surface area contributed by atoms with Crippen LogP contribution in [0.3, 0.4) is 0 Å². The summed E-state index contributed by atoms with van der Waals surface area (Å²) in [5.74, 6) is 1.90. The predicted octanol–water partition coefficient (Wildman–Crippen LogP) is 3.77. The molecule has 0 bridgehead atoms. The number of likely N-dealkylation sites (N-methyl/N-ethyl adjacent to an activating group) is 1. The molecule has 1 aliphatic rings. The van der Waals surface area contributed by atoms with E-state index in [9.17, 15) is 4.79 Å². The molecule has 1 N–H and O–H groups in total. The number of anilines is 1. The Kier molecular flexibility index (Phi) is 8.18. The maximum Gasteiger partial charge on any atom is 0.261 e. The molecule has 1 atom stereocenters. The summed E-state index contributed by atoms with van der Waals surface area (Å²) in [5, 5.41) is 4.15. The van der Waals surface area contributed by atoms with Gasteiger partial charge < -0.3 is 19.5 Å². The van der Waals surface area contributed by atoms with Gasteiger partial charge in [0.1, 0.15) is 22.7 Å². The molecule has 184 valence electrons. The molecule has 4 rings (SSSR count). The van der Waals surface area contributed by atoms with E-state index < -0.39 is 0 Å². The van der Waals surface area contributed by atoms with E-state index in [0.29, 0.717) is 12.6 Å². The van der Waals surface area contributed by atoms with E-state index in [2.05, 4.69) is 50.9 Å². The number of aromatic nitrogens is 2. The van der Waals surface area contributed by atoms with Crippen LogP contribution in [-0.2, 0) is 6.54 Å². The van der Waals surface area contributed by atoms with Crippen LogP contribution >= 0.6 is 11.3 Å². The number of carbonyl (C=O) groups excluding carboxylic acids is 1. The first-order valence-corrected chi connectivity index (χ1v) is 13.0. The Hall–Kier alpha value is -2.49. The Morgan fingerprint density at radius 1 is 1.29 bits per heavy atom. The molecule has 8 nitrogen and oxygen atoms in total. The summed E-state index contributed by atoms with van der Waals surface area (Å²) in [6, 6.07) is 4.40. The molecule has 9 heteroatoms. The van der Waals surface area contributed by atoms with Gasteiger partial charge in [0.05, 0.1) is 23.1 Å². The second-order valence-corrected chi connectivity index (χ2v) is 10.1. The fourth-order valence-corrected chi connectivity index (χ4v) is 5.47. The molecular weight excluding hydrogens is 448 g/mol. The number of aryl methyl sites for hydroxylation is 1. The van der Waals surface area contributed by atoms with Gasteiger partial charge in [-0.2, -0.15) is 0 Å². The Balaban J connectivity index is 1.38. The summed E-state index contributed by atoms with van der Waals surface area (Å²) in [4.78, 5) is 30.8. The van der Waals surface area contributed by atoms with Crippen molar-refractivity contribution in [3.63, 3.8) is 0 Å². The Labute approximate surface area is 206 Å². The molecule has 1 aliphatic heterocycles. The molecule has 3 aromatic rings. The minimum absolute atomic E-state index is 0.0223. The van der Waals surface area contributed by atoms with Crippen LogP contribution in [0.5, 0.6) is 0 Å². The van der Waals surface area contributed by atoms with Crippen molar-refractivity contribution < 1.29 is 9.21 Å². The summed E-state index contributed by atoms with van der Waals surface area (Å²) >= 11 is 1.46. The maximum absolute atomic E-state index is 13.1. The molecule has 3 aromatic heterocycles. The minimum atomic E-state index is -0.0223. The van der Waals surface area contributed by atoms with Crippen LogP contribution in [0.15, 0.2) is 29.1 Å². The first kappa shape index (κ1) is 24.6. The minimum Gasteiger partial charge on any atom is -0.468 e. The molecule has 0 radical (unpaired) electrons. The van der Waals surface area contributed by atoms with Crippen LogP contribution in [0.4, 0.5) is 5.82 Å². The molecule has 34 heavy (non-hydrogen) atoms. The Bertz CT molecular complexity index is 1070. The molecule has 1 saturated heterocycles. The number of fused-ring (bicyclic) bond motifs is 1. The summed E-state index contributed by atoms with van der Waals surface area (Å²) in [5.41, 5.74) is 0.978. The van der Waals surface area contributed by atoms with E-state index >= 15 is 0 Å². The molecule has 0 spiro atoms. The van der Waals surface area contributed by atoms with Gasteiger partial charge in [0.15, 0.2) is 0 Å². The van der Waals surface area contributed by atoms with E-state index in [-0.39, 0.29) is 5.91 Å². The number of nitrogens with one attached hydrogen (secondary N) is 1. The number of thiophene rings is 1. The third-order valence-electron chi connectivity index (χ3n) is 6.78. The van der Waals surface area contributed by atoms with E-state index in [0.717, 1.165) is 84.3 Å². The Morgan fingerprint density at radius 3 is 2.79 bits per heavy atom. The molecule has 1 fully saturated rings. The van der Waals surface area contributed by atoms with Crippen LogP contribution in [-0.4, -0.2) is 78.0 Å². The number of amides is 1.